The van der Waals surface area contributed by atoms with E-state index in [-0.39, 0.29) is 5.52 Å². The zero-order chi connectivity index (χ0) is 14.5. The van der Waals surface area contributed by atoms with Gasteiger partial charge in [0.05, 0.1) is 11.1 Å². The molecule has 0 spiro atoms. The van der Waals surface area contributed by atoms with Crippen molar-refractivity contribution in [2.75, 3.05) is 6.54 Å². The first kappa shape index (κ1) is 13.0. The molecule has 0 aliphatic carbocycles. The number of fused-ring (bicyclic) bond motifs is 3. The Labute approximate surface area is 112 Å². The monoisotopic (exact) mass is 283 g/mol. The molecule has 1 aliphatic heterocycles. The van der Waals surface area contributed by atoms with Gasteiger partial charge in [0, 0.05) is 30.6 Å². The van der Waals surface area contributed by atoms with Crippen LogP contribution in [0, 0.1) is 0 Å². The van der Waals surface area contributed by atoms with Crippen LogP contribution in [0.1, 0.15) is 16.8 Å². The van der Waals surface area contributed by atoms with Crippen LogP contribution in [-0.4, -0.2) is 17.1 Å². The van der Waals surface area contributed by atoms with Crippen LogP contribution >= 0.6 is 0 Å². The smallest absolute Gasteiger partial charge is 0.351 e. The highest BCUT2D eigenvalue weighted by molar-refractivity contribution is 5.95. The largest absolute Gasteiger partial charge is 0.416 e. The van der Waals surface area contributed by atoms with Crippen molar-refractivity contribution in [3.8, 4) is 0 Å². The molecule has 20 heavy (non-hydrogen) atoms. The number of carbonyl (C=O) groups is 1. The predicted octanol–water partition coefficient (Wildman–Crippen LogP) is 2.23. The summed E-state index contributed by atoms with van der Waals surface area (Å²) in [6.45, 7) is 1.19. The van der Waals surface area contributed by atoms with Gasteiger partial charge >= 0.3 is 12.2 Å². The van der Waals surface area contributed by atoms with E-state index in [0.717, 1.165) is 17.7 Å². The molecular formula is C13H12F3N3O. The number of aromatic nitrogens is 1. The molecule has 1 aromatic carbocycles. The van der Waals surface area contributed by atoms with Crippen LogP contribution in [0.4, 0.5) is 18.0 Å². The number of carbonyl (C=O) groups excluding carboxylic acids is 1. The number of halogens is 3. The zero-order valence-electron chi connectivity index (χ0n) is 10.4. The van der Waals surface area contributed by atoms with Gasteiger partial charge in [-0.2, -0.15) is 13.2 Å². The Morgan fingerprint density at radius 2 is 2.10 bits per heavy atom. The Hall–Kier alpha value is -2.02. The van der Waals surface area contributed by atoms with E-state index >= 15 is 0 Å². The number of amides is 1. The lowest BCUT2D eigenvalue weighted by atomic mass is 10.0. The molecule has 2 heterocycles. The van der Waals surface area contributed by atoms with Crippen molar-refractivity contribution in [1.82, 2.24) is 9.88 Å². The van der Waals surface area contributed by atoms with Gasteiger partial charge in [0.1, 0.15) is 0 Å². The molecule has 0 radical (unpaired) electrons. The summed E-state index contributed by atoms with van der Waals surface area (Å²) in [6, 6.07) is 2.67. The molecule has 106 valence electrons. The van der Waals surface area contributed by atoms with Gasteiger partial charge in [-0.15, -0.1) is 0 Å². The average molecular weight is 283 g/mol. The summed E-state index contributed by atoms with van der Waals surface area (Å²) in [5, 5.41) is 3.78. The minimum Gasteiger partial charge on any atom is -0.351 e. The number of nitrogens with one attached hydrogen (secondary N) is 1. The van der Waals surface area contributed by atoms with Crippen molar-refractivity contribution in [2.24, 2.45) is 5.73 Å². The Balaban J connectivity index is 2.34. The SMILES string of the molecule is NC(=O)n1c2c(c3ccc(C(F)(F)F)cc31)CNCC2. The van der Waals surface area contributed by atoms with E-state index in [0.29, 0.717) is 30.6 Å². The number of alkyl halides is 3. The molecule has 3 rings (SSSR count). The third-order valence-corrected chi connectivity index (χ3v) is 3.57. The second-order valence-corrected chi connectivity index (χ2v) is 4.76. The average Bonchev–Trinajstić information content (AvgIpc) is 2.71. The third-order valence-electron chi connectivity index (χ3n) is 3.57. The van der Waals surface area contributed by atoms with Gasteiger partial charge in [0.15, 0.2) is 0 Å². The van der Waals surface area contributed by atoms with Crippen LogP contribution in [0.2, 0.25) is 0 Å². The number of primary amides is 1. The highest BCUT2D eigenvalue weighted by atomic mass is 19.4. The number of nitrogens with two attached hydrogens (primary N) is 1. The number of nitrogens with zero attached hydrogens (tertiary/aromatic N) is 1. The molecule has 0 bridgehead atoms. The molecule has 0 saturated carbocycles. The minimum atomic E-state index is -4.44. The number of benzene rings is 1. The van der Waals surface area contributed by atoms with Gasteiger partial charge in [-0.3, -0.25) is 4.57 Å². The van der Waals surface area contributed by atoms with E-state index in [1.165, 1.54) is 10.6 Å². The highest BCUT2D eigenvalue weighted by Crippen LogP contribution is 2.34. The van der Waals surface area contributed by atoms with E-state index in [4.69, 9.17) is 5.73 Å². The normalized spacial score (nSPS) is 15.3. The molecule has 0 unspecified atom stereocenters. The van der Waals surface area contributed by atoms with Crippen LogP contribution in [0.5, 0.6) is 0 Å². The first-order valence-corrected chi connectivity index (χ1v) is 6.13. The molecule has 1 amide bonds. The minimum absolute atomic E-state index is 0.223. The van der Waals surface area contributed by atoms with E-state index in [1.54, 1.807) is 0 Å². The van der Waals surface area contributed by atoms with Gasteiger partial charge in [-0.05, 0) is 17.7 Å². The summed E-state index contributed by atoms with van der Waals surface area (Å²) >= 11 is 0. The van der Waals surface area contributed by atoms with Gasteiger partial charge in [-0.1, -0.05) is 6.07 Å². The van der Waals surface area contributed by atoms with Crippen LogP contribution in [0.3, 0.4) is 0 Å². The maximum absolute atomic E-state index is 12.8. The summed E-state index contributed by atoms with van der Waals surface area (Å²) in [6.07, 6.45) is -3.88. The molecule has 0 saturated heterocycles. The van der Waals surface area contributed by atoms with E-state index in [2.05, 4.69) is 5.32 Å². The van der Waals surface area contributed by atoms with Crippen molar-refractivity contribution in [2.45, 2.75) is 19.1 Å². The Morgan fingerprint density at radius 3 is 2.75 bits per heavy atom. The molecule has 0 fully saturated rings. The Kier molecular flexibility index (Phi) is 2.75. The van der Waals surface area contributed by atoms with Crippen molar-refractivity contribution < 1.29 is 18.0 Å². The summed E-state index contributed by atoms with van der Waals surface area (Å²) in [5.41, 5.74) is 6.32. The standard InChI is InChI=1S/C13H12F3N3O/c14-13(15,16)7-1-2-8-9-6-18-4-3-10(9)19(12(17)20)11(8)5-7/h1-2,5,18H,3-4,6H2,(H2,17,20). The van der Waals surface area contributed by atoms with Crippen LogP contribution in [-0.2, 0) is 19.1 Å². The maximum Gasteiger partial charge on any atom is 0.416 e. The molecule has 7 heteroatoms. The maximum atomic E-state index is 12.8. The lowest BCUT2D eigenvalue weighted by Gasteiger charge is -2.15. The van der Waals surface area contributed by atoms with Gasteiger partial charge < -0.3 is 11.1 Å². The summed E-state index contributed by atoms with van der Waals surface area (Å²) in [4.78, 5) is 11.6. The van der Waals surface area contributed by atoms with E-state index < -0.39 is 17.8 Å². The van der Waals surface area contributed by atoms with Crippen LogP contribution in [0.25, 0.3) is 10.9 Å². The quantitative estimate of drug-likeness (QED) is 0.779. The van der Waals surface area contributed by atoms with E-state index in [9.17, 15) is 18.0 Å². The van der Waals surface area contributed by atoms with Gasteiger partial charge in [-0.25, -0.2) is 4.79 Å². The van der Waals surface area contributed by atoms with Crippen molar-refractivity contribution in [3.05, 3.63) is 35.0 Å². The molecule has 1 aromatic heterocycles. The number of hydrogen-bond donors (Lipinski definition) is 2. The first-order valence-electron chi connectivity index (χ1n) is 6.13. The van der Waals surface area contributed by atoms with Gasteiger partial charge in [0.25, 0.3) is 0 Å². The first-order chi connectivity index (χ1) is 9.39. The van der Waals surface area contributed by atoms with Crippen molar-refractivity contribution in [3.63, 3.8) is 0 Å². The molecule has 2 aromatic rings. The molecule has 0 atom stereocenters. The summed E-state index contributed by atoms with van der Waals surface area (Å²) in [7, 11) is 0. The number of rotatable bonds is 0. The lowest BCUT2D eigenvalue weighted by Crippen LogP contribution is -2.28. The van der Waals surface area contributed by atoms with Crippen molar-refractivity contribution >= 4 is 16.9 Å². The lowest BCUT2D eigenvalue weighted by molar-refractivity contribution is -0.137. The molecule has 1 aliphatic rings. The van der Waals surface area contributed by atoms with E-state index in [1.807, 2.05) is 0 Å². The molecule has 3 N–H and O–H groups in total. The van der Waals surface area contributed by atoms with Crippen LogP contribution in [0.15, 0.2) is 18.2 Å². The van der Waals surface area contributed by atoms with Crippen LogP contribution < -0.4 is 11.1 Å². The predicted molar refractivity (Wildman–Crippen MR) is 67.3 cm³/mol. The second-order valence-electron chi connectivity index (χ2n) is 4.76. The molecule has 4 nitrogen and oxygen atoms in total. The Morgan fingerprint density at radius 1 is 1.35 bits per heavy atom. The van der Waals surface area contributed by atoms with Gasteiger partial charge in [0.2, 0.25) is 0 Å². The Bertz CT molecular complexity index is 703. The fourth-order valence-corrected chi connectivity index (χ4v) is 2.72. The third kappa shape index (κ3) is 1.85. The van der Waals surface area contributed by atoms with Crippen molar-refractivity contribution in [1.29, 1.82) is 0 Å². The highest BCUT2D eigenvalue weighted by Gasteiger charge is 2.32. The number of hydrogen-bond acceptors (Lipinski definition) is 2. The zero-order valence-corrected chi connectivity index (χ0v) is 10.4. The fraction of sp³-hybridized carbons (Fsp3) is 0.308. The second kappa shape index (κ2) is 4.24. The fourth-order valence-electron chi connectivity index (χ4n) is 2.72. The summed E-state index contributed by atoms with van der Waals surface area (Å²) in [5.74, 6) is 0. The molecular weight excluding hydrogens is 271 g/mol. The topological polar surface area (TPSA) is 60.1 Å². The summed E-state index contributed by atoms with van der Waals surface area (Å²) < 4.78 is 39.6.